The van der Waals surface area contributed by atoms with E-state index in [9.17, 15) is 0 Å². The van der Waals surface area contributed by atoms with Crippen molar-refractivity contribution >= 4 is 10.9 Å². The number of ether oxygens (including phenoxy) is 3. The predicted molar refractivity (Wildman–Crippen MR) is 181 cm³/mol. The zero-order valence-electron chi connectivity index (χ0n) is 28.7. The topological polar surface area (TPSA) is 40.6 Å². The first-order chi connectivity index (χ1) is 20.8. The molecule has 0 spiro atoms. The number of methoxy groups -OCH3 is 2. The predicted octanol–water partition coefficient (Wildman–Crippen LogP) is 5.71. The SMILES string of the molecule is C=CCO[C@@H](c1ccnc2ccc(OC)cc12)[C@H]1C[C@@H]2CC[N@@+]1(Cc1cc(C(C)(C)C)c(OC)c(C(C)(C)C)c1)C[C@@H]2C=C.[Br-]. The van der Waals surface area contributed by atoms with Gasteiger partial charge < -0.3 is 35.7 Å². The van der Waals surface area contributed by atoms with Crippen LogP contribution in [-0.4, -0.2) is 49.4 Å². The van der Waals surface area contributed by atoms with Crippen LogP contribution in [0.2, 0.25) is 0 Å². The summed E-state index contributed by atoms with van der Waals surface area (Å²) in [5.74, 6) is 2.96. The monoisotopic (exact) mass is 676 g/mol. The molecule has 3 aliphatic rings. The van der Waals surface area contributed by atoms with Gasteiger partial charge >= 0.3 is 0 Å². The van der Waals surface area contributed by atoms with Crippen LogP contribution in [-0.2, 0) is 22.1 Å². The summed E-state index contributed by atoms with van der Waals surface area (Å²) in [4.78, 5) is 4.70. The molecule has 4 heterocycles. The van der Waals surface area contributed by atoms with E-state index in [2.05, 4.69) is 85.0 Å². The second-order valence-corrected chi connectivity index (χ2v) is 15.1. The Balaban J connectivity index is 0.00000461. The maximum Gasteiger partial charge on any atom is 0.135 e. The lowest BCUT2D eigenvalue weighted by Gasteiger charge is -2.58. The smallest absolute Gasteiger partial charge is 0.135 e. The summed E-state index contributed by atoms with van der Waals surface area (Å²) >= 11 is 0. The molecule has 5 nitrogen and oxygen atoms in total. The summed E-state index contributed by atoms with van der Waals surface area (Å²) in [7, 11) is 3.54. The molecule has 3 saturated heterocycles. The van der Waals surface area contributed by atoms with Gasteiger partial charge in [-0.15, -0.1) is 13.2 Å². The average molecular weight is 678 g/mol. The van der Waals surface area contributed by atoms with Crippen molar-refractivity contribution in [3.63, 3.8) is 0 Å². The molecule has 3 aliphatic heterocycles. The van der Waals surface area contributed by atoms with Crippen LogP contribution in [0.5, 0.6) is 11.5 Å². The number of quaternary nitrogens is 1. The molecule has 6 heteroatoms. The minimum absolute atomic E-state index is 0. The van der Waals surface area contributed by atoms with Gasteiger partial charge in [-0.25, -0.2) is 0 Å². The Morgan fingerprint density at radius 1 is 0.978 bits per heavy atom. The van der Waals surface area contributed by atoms with Crippen LogP contribution in [0.15, 0.2) is 67.9 Å². The van der Waals surface area contributed by atoms with E-state index in [-0.39, 0.29) is 40.0 Å². The van der Waals surface area contributed by atoms with Crippen molar-refractivity contribution in [2.24, 2.45) is 11.8 Å². The van der Waals surface area contributed by atoms with E-state index in [1.54, 1.807) is 7.11 Å². The average Bonchev–Trinajstić information content (AvgIpc) is 3.00. The van der Waals surface area contributed by atoms with Crippen LogP contribution in [0.3, 0.4) is 0 Å². The van der Waals surface area contributed by atoms with Crippen molar-refractivity contribution in [2.45, 2.75) is 83.9 Å². The number of pyridine rings is 1. The van der Waals surface area contributed by atoms with E-state index in [0.717, 1.165) is 52.9 Å². The summed E-state index contributed by atoms with van der Waals surface area (Å²) in [6, 6.07) is 13.4. The van der Waals surface area contributed by atoms with Gasteiger partial charge in [0, 0.05) is 47.0 Å². The van der Waals surface area contributed by atoms with Crippen LogP contribution in [0.1, 0.15) is 82.7 Å². The Morgan fingerprint density at radius 3 is 2.24 bits per heavy atom. The van der Waals surface area contributed by atoms with Gasteiger partial charge in [0.25, 0.3) is 0 Å². The lowest BCUT2D eigenvalue weighted by molar-refractivity contribution is -0.985. The molecule has 1 aromatic heterocycles. The zero-order chi connectivity index (χ0) is 31.9. The second kappa shape index (κ2) is 13.6. The summed E-state index contributed by atoms with van der Waals surface area (Å²) in [5, 5.41) is 1.09. The number of aromatic nitrogens is 1. The van der Waals surface area contributed by atoms with Crippen molar-refractivity contribution < 1.29 is 35.7 Å². The maximum atomic E-state index is 6.83. The van der Waals surface area contributed by atoms with Crippen LogP contribution in [0.25, 0.3) is 10.9 Å². The quantitative estimate of drug-likeness (QED) is 0.204. The molecule has 3 aromatic rings. The highest BCUT2D eigenvalue weighted by Gasteiger charge is 2.54. The molecule has 3 fully saturated rings. The third-order valence-electron chi connectivity index (χ3n) is 10.2. The molecule has 6 rings (SSSR count). The molecule has 0 radical (unpaired) electrons. The standard InChI is InChI=1S/C39H53N2O3.BrH/c1-11-19-44-36(30-15-17-40-34-14-13-29(42-9)23-31(30)34)35-22-28-16-18-41(35,25-27(28)12-2)24-26-20-32(38(3,4)5)37(43-10)33(21-26)39(6,7)8;/h11-15,17,20-21,23,27-28,35-36H,1-2,16,18-19,22,24-25H2,3-10H3;1H/q+1;/p-1/t27-,28-,35+,36-,41+;/m0./s1. The van der Waals surface area contributed by atoms with Gasteiger partial charge in [0.1, 0.15) is 30.2 Å². The van der Waals surface area contributed by atoms with E-state index in [1.807, 2.05) is 31.5 Å². The molecule has 5 atom stereocenters. The highest BCUT2D eigenvalue weighted by molar-refractivity contribution is 5.84. The third kappa shape index (κ3) is 6.89. The molecular weight excluding hydrogens is 624 g/mol. The summed E-state index contributed by atoms with van der Waals surface area (Å²) in [5.41, 5.74) is 5.96. The number of halogens is 1. The lowest BCUT2D eigenvalue weighted by Crippen LogP contribution is -3.00. The van der Waals surface area contributed by atoms with Crippen molar-refractivity contribution in [3.05, 3.63) is 90.2 Å². The van der Waals surface area contributed by atoms with Crippen LogP contribution in [0, 0.1) is 11.8 Å². The summed E-state index contributed by atoms with van der Waals surface area (Å²) in [6.45, 7) is 25.7. The summed E-state index contributed by atoms with van der Waals surface area (Å²) in [6.07, 6.45) is 8.22. The second-order valence-electron chi connectivity index (χ2n) is 15.1. The van der Waals surface area contributed by atoms with E-state index < -0.39 is 0 Å². The Labute approximate surface area is 282 Å². The number of hydrogen-bond donors (Lipinski definition) is 0. The molecule has 244 valence electrons. The number of rotatable bonds is 10. The van der Waals surface area contributed by atoms with Crippen molar-refractivity contribution in [1.29, 1.82) is 0 Å². The Hall–Kier alpha value is -2.67. The van der Waals surface area contributed by atoms with Gasteiger partial charge in [0.2, 0.25) is 0 Å². The van der Waals surface area contributed by atoms with Crippen molar-refractivity contribution in [2.75, 3.05) is 33.9 Å². The normalized spacial score (nSPS) is 23.7. The van der Waals surface area contributed by atoms with Gasteiger partial charge in [-0.05, 0) is 58.7 Å². The lowest BCUT2D eigenvalue weighted by atomic mass is 9.70. The molecule has 2 aromatic carbocycles. The number of benzene rings is 2. The van der Waals surface area contributed by atoms with E-state index >= 15 is 0 Å². The largest absolute Gasteiger partial charge is 1.00 e. The number of hydrogen-bond acceptors (Lipinski definition) is 4. The third-order valence-corrected chi connectivity index (χ3v) is 10.2. The van der Waals surface area contributed by atoms with E-state index in [4.69, 9.17) is 19.2 Å². The number of fused-ring (bicyclic) bond motifs is 4. The minimum atomic E-state index is -0.110. The fourth-order valence-electron chi connectivity index (χ4n) is 7.94. The van der Waals surface area contributed by atoms with Gasteiger partial charge in [0.05, 0.1) is 39.4 Å². The molecule has 45 heavy (non-hydrogen) atoms. The first kappa shape index (κ1) is 35.2. The van der Waals surface area contributed by atoms with E-state index in [0.29, 0.717) is 18.4 Å². The molecule has 0 N–H and O–H groups in total. The molecular formula is C39H53BrN2O3. The van der Waals surface area contributed by atoms with E-state index in [1.165, 1.54) is 28.7 Å². The first-order valence-corrected chi connectivity index (χ1v) is 16.2. The number of nitrogens with zero attached hydrogens (tertiary/aromatic N) is 2. The summed E-state index contributed by atoms with van der Waals surface area (Å²) < 4.78 is 19.6. The Kier molecular flexibility index (Phi) is 10.6. The van der Waals surface area contributed by atoms with Crippen LogP contribution < -0.4 is 26.5 Å². The Morgan fingerprint density at radius 2 is 1.67 bits per heavy atom. The molecule has 0 aliphatic carbocycles. The molecule has 0 amide bonds. The fourth-order valence-corrected chi connectivity index (χ4v) is 7.94. The molecule has 0 saturated carbocycles. The van der Waals surface area contributed by atoms with Crippen LogP contribution in [0.4, 0.5) is 0 Å². The van der Waals surface area contributed by atoms with Crippen molar-refractivity contribution in [1.82, 2.24) is 4.98 Å². The molecule has 0 unspecified atom stereocenters. The molecule has 2 bridgehead atoms. The van der Waals surface area contributed by atoms with Gasteiger partial charge in [0.15, 0.2) is 0 Å². The highest BCUT2D eigenvalue weighted by Crippen LogP contribution is 2.50. The first-order valence-electron chi connectivity index (χ1n) is 16.2. The maximum absolute atomic E-state index is 6.83. The van der Waals surface area contributed by atoms with Gasteiger partial charge in [-0.2, -0.15) is 0 Å². The van der Waals surface area contributed by atoms with Gasteiger partial charge in [-0.1, -0.05) is 53.7 Å². The fraction of sp³-hybridized carbons (Fsp3) is 0.513. The van der Waals surface area contributed by atoms with Crippen LogP contribution >= 0.6 is 0 Å². The minimum Gasteiger partial charge on any atom is -1.00 e. The highest BCUT2D eigenvalue weighted by atomic mass is 79.9. The zero-order valence-corrected chi connectivity index (χ0v) is 30.2. The van der Waals surface area contributed by atoms with Gasteiger partial charge in [-0.3, -0.25) is 4.98 Å². The number of piperidine rings is 3. The Bertz CT molecular complexity index is 1490. The van der Waals surface area contributed by atoms with Crippen molar-refractivity contribution in [3.8, 4) is 11.5 Å².